The molecule has 2 rings (SSSR count). The fourth-order valence-electron chi connectivity index (χ4n) is 1.53. The van der Waals surface area contributed by atoms with Crippen LogP contribution in [0.1, 0.15) is 18.4 Å². The van der Waals surface area contributed by atoms with Crippen molar-refractivity contribution in [2.45, 2.75) is 19.3 Å². The Bertz CT molecular complexity index is 455. The van der Waals surface area contributed by atoms with Gasteiger partial charge in [-0.25, -0.2) is 0 Å². The van der Waals surface area contributed by atoms with Gasteiger partial charge in [0, 0.05) is 28.9 Å². The third-order valence-electron chi connectivity index (χ3n) is 2.64. The molecule has 0 heterocycles. The van der Waals surface area contributed by atoms with Crippen LogP contribution in [0.15, 0.2) is 22.7 Å². The van der Waals surface area contributed by atoms with E-state index in [1.165, 1.54) is 12.1 Å². The molecule has 1 saturated carbocycles. The molecule has 0 atom stereocenters. The van der Waals surface area contributed by atoms with Crippen LogP contribution >= 0.6 is 15.9 Å². The van der Waals surface area contributed by atoms with Crippen molar-refractivity contribution in [2.24, 2.45) is 5.92 Å². The Kier molecular flexibility index (Phi) is 3.05. The maximum Gasteiger partial charge on any atom is 0.270 e. The minimum absolute atomic E-state index is 0.0366. The van der Waals surface area contributed by atoms with Gasteiger partial charge in [0.15, 0.2) is 0 Å². The smallest absolute Gasteiger partial charge is 0.270 e. The fourth-order valence-corrected chi connectivity index (χ4v) is 2.04. The second-order valence-electron chi connectivity index (χ2n) is 3.95. The van der Waals surface area contributed by atoms with E-state index < -0.39 is 4.92 Å². The quantitative estimate of drug-likeness (QED) is 0.631. The van der Waals surface area contributed by atoms with Crippen molar-refractivity contribution in [1.82, 2.24) is 0 Å². The van der Waals surface area contributed by atoms with Crippen molar-refractivity contribution in [2.75, 3.05) is 0 Å². The highest BCUT2D eigenvalue weighted by Crippen LogP contribution is 2.32. The summed E-state index contributed by atoms with van der Waals surface area (Å²) in [5.41, 5.74) is 0.858. The molecule has 1 aromatic carbocycles. The van der Waals surface area contributed by atoms with E-state index in [1.807, 2.05) is 0 Å². The van der Waals surface area contributed by atoms with E-state index in [4.69, 9.17) is 0 Å². The lowest BCUT2D eigenvalue weighted by Gasteiger charge is -2.02. The van der Waals surface area contributed by atoms with Crippen LogP contribution < -0.4 is 0 Å². The lowest BCUT2D eigenvalue weighted by molar-refractivity contribution is -0.384. The number of Topliss-reactive ketones (excluding diaryl/α,β-unsaturated/α-hetero) is 1. The topological polar surface area (TPSA) is 60.2 Å². The van der Waals surface area contributed by atoms with Gasteiger partial charge in [-0.3, -0.25) is 14.9 Å². The summed E-state index contributed by atoms with van der Waals surface area (Å²) in [5.74, 6) is 0.455. The molecule has 0 spiro atoms. The maximum absolute atomic E-state index is 11.6. The molecule has 0 aromatic heterocycles. The summed E-state index contributed by atoms with van der Waals surface area (Å²) in [5, 5.41) is 10.5. The summed E-state index contributed by atoms with van der Waals surface area (Å²) in [7, 11) is 0. The number of rotatable bonds is 4. The molecule has 4 nitrogen and oxygen atoms in total. The largest absolute Gasteiger partial charge is 0.299 e. The van der Waals surface area contributed by atoms with Crippen LogP contribution in [0.3, 0.4) is 0 Å². The molecular weight excluding hydrogens is 274 g/mol. The highest BCUT2D eigenvalue weighted by molar-refractivity contribution is 9.10. The van der Waals surface area contributed by atoms with E-state index in [2.05, 4.69) is 15.9 Å². The molecule has 0 bridgehead atoms. The van der Waals surface area contributed by atoms with Crippen LogP contribution in [0.4, 0.5) is 5.69 Å². The summed E-state index contributed by atoms with van der Waals surface area (Å²) < 4.78 is 0.635. The van der Waals surface area contributed by atoms with Gasteiger partial charge in [-0.05, 0) is 18.4 Å². The van der Waals surface area contributed by atoms with Crippen LogP contribution in [0.5, 0.6) is 0 Å². The molecule has 5 heteroatoms. The molecule has 0 unspecified atom stereocenters. The summed E-state index contributed by atoms with van der Waals surface area (Å²) in [6.45, 7) is 0. The van der Waals surface area contributed by atoms with Crippen molar-refractivity contribution in [3.05, 3.63) is 38.3 Å². The number of non-ortho nitro benzene ring substituents is 1. The van der Waals surface area contributed by atoms with Crippen LogP contribution in [0.25, 0.3) is 0 Å². The Labute approximate surface area is 101 Å². The number of benzene rings is 1. The molecule has 1 aliphatic rings. The van der Waals surface area contributed by atoms with Gasteiger partial charge in [0.1, 0.15) is 5.78 Å². The number of hydrogen-bond acceptors (Lipinski definition) is 3. The second kappa shape index (κ2) is 4.33. The van der Waals surface area contributed by atoms with Crippen molar-refractivity contribution >= 4 is 27.4 Å². The molecule has 16 heavy (non-hydrogen) atoms. The number of carbonyl (C=O) groups is 1. The van der Waals surface area contributed by atoms with Gasteiger partial charge in [-0.15, -0.1) is 0 Å². The minimum Gasteiger partial charge on any atom is -0.299 e. The van der Waals surface area contributed by atoms with Gasteiger partial charge < -0.3 is 0 Å². The summed E-state index contributed by atoms with van der Waals surface area (Å²) in [6.07, 6.45) is 2.34. The van der Waals surface area contributed by atoms with Gasteiger partial charge in [-0.2, -0.15) is 0 Å². The number of hydrogen-bond donors (Lipinski definition) is 0. The van der Waals surface area contributed by atoms with Crippen LogP contribution in [0.2, 0.25) is 0 Å². The first-order valence-electron chi connectivity index (χ1n) is 5.03. The molecule has 0 N–H and O–H groups in total. The Morgan fingerprint density at radius 3 is 2.69 bits per heavy atom. The number of nitro benzene ring substituents is 1. The summed E-state index contributed by atoms with van der Waals surface area (Å²) in [4.78, 5) is 21.7. The Balaban J connectivity index is 2.15. The molecule has 0 radical (unpaired) electrons. The van der Waals surface area contributed by atoms with Gasteiger partial charge in [-0.1, -0.05) is 22.0 Å². The van der Waals surface area contributed by atoms with E-state index in [9.17, 15) is 14.9 Å². The predicted molar refractivity (Wildman–Crippen MR) is 62.2 cm³/mol. The maximum atomic E-state index is 11.6. The molecule has 0 saturated heterocycles. The second-order valence-corrected chi connectivity index (χ2v) is 4.80. The predicted octanol–water partition coefficient (Wildman–Crippen LogP) is 2.88. The Hall–Kier alpha value is -1.23. The highest BCUT2D eigenvalue weighted by Gasteiger charge is 2.29. The zero-order chi connectivity index (χ0) is 11.7. The first-order chi connectivity index (χ1) is 7.58. The van der Waals surface area contributed by atoms with Crippen molar-refractivity contribution in [3.8, 4) is 0 Å². The molecule has 0 amide bonds. The number of carbonyl (C=O) groups excluding carboxylic acids is 1. The summed E-state index contributed by atoms with van der Waals surface area (Å²) in [6, 6.07) is 4.51. The molecule has 1 fully saturated rings. The molecule has 84 valence electrons. The third-order valence-corrected chi connectivity index (χ3v) is 3.38. The summed E-state index contributed by atoms with van der Waals surface area (Å²) >= 11 is 3.26. The molecule has 1 aliphatic carbocycles. The van der Waals surface area contributed by atoms with Crippen molar-refractivity contribution in [1.29, 1.82) is 0 Å². The highest BCUT2D eigenvalue weighted by atomic mass is 79.9. The van der Waals surface area contributed by atoms with Crippen LogP contribution in [-0.2, 0) is 11.2 Å². The minimum atomic E-state index is -0.447. The molecular formula is C11H10BrNO3. The zero-order valence-corrected chi connectivity index (χ0v) is 10.1. The first kappa shape index (κ1) is 11.3. The standard InChI is InChI=1S/C11H10BrNO3/c12-10-6-9(13(15)16)4-3-8(10)5-11(14)7-1-2-7/h3-4,6-7H,1-2,5H2. The van der Waals surface area contributed by atoms with E-state index in [1.54, 1.807) is 6.07 Å². The first-order valence-corrected chi connectivity index (χ1v) is 5.83. The lowest BCUT2D eigenvalue weighted by atomic mass is 10.1. The van der Waals surface area contributed by atoms with Gasteiger partial charge in [0.2, 0.25) is 0 Å². The average molecular weight is 284 g/mol. The van der Waals surface area contributed by atoms with Crippen LogP contribution in [-0.4, -0.2) is 10.7 Å². The van der Waals surface area contributed by atoms with E-state index in [0.29, 0.717) is 10.9 Å². The Morgan fingerprint density at radius 1 is 1.50 bits per heavy atom. The fraction of sp³-hybridized carbons (Fsp3) is 0.364. The van der Waals surface area contributed by atoms with E-state index >= 15 is 0 Å². The van der Waals surface area contributed by atoms with Gasteiger partial charge >= 0.3 is 0 Å². The van der Waals surface area contributed by atoms with E-state index in [0.717, 1.165) is 18.4 Å². The van der Waals surface area contributed by atoms with Crippen molar-refractivity contribution in [3.63, 3.8) is 0 Å². The monoisotopic (exact) mass is 283 g/mol. The molecule has 0 aliphatic heterocycles. The number of ketones is 1. The average Bonchev–Trinajstić information content (AvgIpc) is 3.03. The SMILES string of the molecule is O=C(Cc1ccc([N+](=O)[O-])cc1Br)C1CC1. The number of nitro groups is 1. The number of halogens is 1. The van der Waals surface area contributed by atoms with Gasteiger partial charge in [0.05, 0.1) is 4.92 Å². The van der Waals surface area contributed by atoms with Gasteiger partial charge in [0.25, 0.3) is 5.69 Å². The third kappa shape index (κ3) is 2.47. The molecule has 1 aromatic rings. The van der Waals surface area contributed by atoms with Crippen LogP contribution in [0, 0.1) is 16.0 Å². The van der Waals surface area contributed by atoms with Crippen molar-refractivity contribution < 1.29 is 9.72 Å². The van der Waals surface area contributed by atoms with E-state index in [-0.39, 0.29) is 17.4 Å². The normalized spacial score (nSPS) is 14.8. The lowest BCUT2D eigenvalue weighted by Crippen LogP contribution is -2.05. The number of nitrogens with zero attached hydrogens (tertiary/aromatic N) is 1. The zero-order valence-electron chi connectivity index (χ0n) is 8.48. The Morgan fingerprint density at radius 2 is 2.19 bits per heavy atom.